The predicted molar refractivity (Wildman–Crippen MR) is 110 cm³/mol. The van der Waals surface area contributed by atoms with Gasteiger partial charge >= 0.3 is 0 Å². The van der Waals surface area contributed by atoms with Gasteiger partial charge in [0.15, 0.2) is 5.78 Å². The Hall–Kier alpha value is -3.39. The van der Waals surface area contributed by atoms with Crippen LogP contribution in [0.15, 0.2) is 53.6 Å². The summed E-state index contributed by atoms with van der Waals surface area (Å²) in [5, 5.41) is 0. The summed E-state index contributed by atoms with van der Waals surface area (Å²) in [6.45, 7) is 2.63. The highest BCUT2D eigenvalue weighted by Gasteiger charge is 2.30. The van der Waals surface area contributed by atoms with Crippen LogP contribution >= 0.6 is 0 Å². The van der Waals surface area contributed by atoms with Gasteiger partial charge in [-0.2, -0.15) is 0 Å². The monoisotopic (exact) mass is 408 g/mol. The molecular weight excluding hydrogens is 387 g/mol. The fraction of sp³-hybridized carbons (Fsp3) is 0.273. The second kappa shape index (κ2) is 8.16. The summed E-state index contributed by atoms with van der Waals surface area (Å²) < 4.78 is 21.0. The van der Waals surface area contributed by atoms with Crippen LogP contribution in [-0.2, 0) is 11.8 Å². The number of Topliss-reactive ketones (excluding diaryl/α,β-unsaturated/α-hetero) is 1. The molecule has 0 saturated carbocycles. The Balaban J connectivity index is 1.63. The number of morpholine rings is 1. The van der Waals surface area contributed by atoms with Crippen molar-refractivity contribution in [2.45, 2.75) is 13.0 Å². The number of aromatic nitrogens is 3. The third-order valence-electron chi connectivity index (χ3n) is 5.19. The SMILES string of the molecule is Cc1ccc(C(=O)C2CN(c3nc(-c4ccncc4)cc(=O)n3C)CCO2)cc1F. The molecule has 0 spiro atoms. The van der Waals surface area contributed by atoms with E-state index in [1.807, 2.05) is 4.90 Å². The van der Waals surface area contributed by atoms with E-state index in [1.165, 1.54) is 16.7 Å². The molecule has 1 aliphatic heterocycles. The van der Waals surface area contributed by atoms with Crippen LogP contribution in [-0.4, -0.2) is 46.1 Å². The zero-order valence-corrected chi connectivity index (χ0v) is 16.7. The average molecular weight is 408 g/mol. The molecular formula is C22H21FN4O3. The van der Waals surface area contributed by atoms with Crippen molar-refractivity contribution in [2.24, 2.45) is 7.05 Å². The minimum atomic E-state index is -0.776. The summed E-state index contributed by atoms with van der Waals surface area (Å²) in [6.07, 6.45) is 2.50. The van der Waals surface area contributed by atoms with E-state index in [-0.39, 0.29) is 23.5 Å². The lowest BCUT2D eigenvalue weighted by molar-refractivity contribution is 0.0336. The Bertz CT molecular complexity index is 1150. The standard InChI is InChI=1S/C22H21FN4O3/c1-14-3-4-16(11-17(14)23)21(29)19-13-27(9-10-30-19)22-25-18(12-20(28)26(22)2)15-5-7-24-8-6-15/h3-8,11-12,19H,9-10,13H2,1-2H3. The highest BCUT2D eigenvalue weighted by molar-refractivity contribution is 6.00. The maximum Gasteiger partial charge on any atom is 0.255 e. The molecule has 30 heavy (non-hydrogen) atoms. The minimum Gasteiger partial charge on any atom is -0.366 e. The first-order valence-corrected chi connectivity index (χ1v) is 9.59. The number of ketones is 1. The molecule has 0 N–H and O–H groups in total. The van der Waals surface area contributed by atoms with Crippen LogP contribution in [0.25, 0.3) is 11.3 Å². The molecule has 154 valence electrons. The summed E-state index contributed by atoms with van der Waals surface area (Å²) in [4.78, 5) is 35.9. The van der Waals surface area contributed by atoms with E-state index in [1.54, 1.807) is 50.6 Å². The van der Waals surface area contributed by atoms with Gasteiger partial charge in [0.1, 0.15) is 11.9 Å². The Kier molecular flexibility index (Phi) is 5.41. The quantitative estimate of drug-likeness (QED) is 0.617. The molecule has 7 nitrogen and oxygen atoms in total. The van der Waals surface area contributed by atoms with Crippen LogP contribution in [0.1, 0.15) is 15.9 Å². The van der Waals surface area contributed by atoms with Crippen molar-refractivity contribution < 1.29 is 13.9 Å². The fourth-order valence-corrected chi connectivity index (χ4v) is 3.40. The van der Waals surface area contributed by atoms with Crippen molar-refractivity contribution >= 4 is 11.7 Å². The van der Waals surface area contributed by atoms with Crippen molar-refractivity contribution in [2.75, 3.05) is 24.6 Å². The summed E-state index contributed by atoms with van der Waals surface area (Å²) >= 11 is 0. The van der Waals surface area contributed by atoms with Crippen LogP contribution in [0, 0.1) is 12.7 Å². The van der Waals surface area contributed by atoms with Gasteiger partial charge in [-0.3, -0.25) is 19.1 Å². The number of rotatable bonds is 4. The van der Waals surface area contributed by atoms with Crippen molar-refractivity contribution in [1.82, 2.24) is 14.5 Å². The number of aryl methyl sites for hydroxylation is 1. The second-order valence-electron chi connectivity index (χ2n) is 7.21. The first kappa shape index (κ1) is 19.9. The molecule has 2 aromatic heterocycles. The zero-order chi connectivity index (χ0) is 21.3. The first-order chi connectivity index (χ1) is 14.4. The van der Waals surface area contributed by atoms with E-state index in [4.69, 9.17) is 4.74 Å². The molecule has 4 rings (SSSR count). The highest BCUT2D eigenvalue weighted by Crippen LogP contribution is 2.21. The van der Waals surface area contributed by atoms with Gasteiger partial charge in [0.2, 0.25) is 5.95 Å². The van der Waals surface area contributed by atoms with Crippen molar-refractivity contribution in [3.8, 4) is 11.3 Å². The molecule has 8 heteroatoms. The molecule has 1 saturated heterocycles. The van der Waals surface area contributed by atoms with Gasteiger partial charge in [0, 0.05) is 43.2 Å². The Morgan fingerprint density at radius 1 is 1.20 bits per heavy atom. The minimum absolute atomic E-state index is 0.207. The van der Waals surface area contributed by atoms with Gasteiger partial charge < -0.3 is 9.64 Å². The van der Waals surface area contributed by atoms with Gasteiger partial charge in [-0.05, 0) is 30.7 Å². The average Bonchev–Trinajstić information content (AvgIpc) is 2.77. The van der Waals surface area contributed by atoms with Crippen LogP contribution in [0.5, 0.6) is 0 Å². The number of hydrogen-bond acceptors (Lipinski definition) is 6. The van der Waals surface area contributed by atoms with E-state index >= 15 is 0 Å². The first-order valence-electron chi connectivity index (χ1n) is 9.59. The maximum atomic E-state index is 13.9. The summed E-state index contributed by atoms with van der Waals surface area (Å²) in [7, 11) is 1.64. The summed E-state index contributed by atoms with van der Waals surface area (Å²) in [5.41, 5.74) is 1.84. The third-order valence-corrected chi connectivity index (χ3v) is 5.19. The van der Waals surface area contributed by atoms with Gasteiger partial charge in [0.05, 0.1) is 18.8 Å². The van der Waals surface area contributed by atoms with Gasteiger partial charge in [0.25, 0.3) is 5.56 Å². The topological polar surface area (TPSA) is 77.3 Å². The molecule has 1 atom stereocenters. The van der Waals surface area contributed by atoms with Crippen molar-refractivity contribution in [3.05, 3.63) is 76.1 Å². The molecule has 1 aliphatic rings. The lowest BCUT2D eigenvalue weighted by Gasteiger charge is -2.33. The Morgan fingerprint density at radius 3 is 2.70 bits per heavy atom. The Morgan fingerprint density at radius 2 is 1.97 bits per heavy atom. The molecule has 1 fully saturated rings. The molecule has 0 aliphatic carbocycles. The van der Waals surface area contributed by atoms with Crippen LogP contribution in [0.3, 0.4) is 0 Å². The molecule has 0 bridgehead atoms. The largest absolute Gasteiger partial charge is 0.366 e. The number of anilines is 1. The van der Waals surface area contributed by atoms with Crippen LogP contribution < -0.4 is 10.5 Å². The van der Waals surface area contributed by atoms with E-state index in [0.717, 1.165) is 5.56 Å². The molecule has 0 radical (unpaired) electrons. The molecule has 1 aromatic carbocycles. The van der Waals surface area contributed by atoms with E-state index in [9.17, 15) is 14.0 Å². The smallest absolute Gasteiger partial charge is 0.255 e. The van der Waals surface area contributed by atoms with Crippen molar-refractivity contribution in [1.29, 1.82) is 0 Å². The number of pyridine rings is 1. The second-order valence-corrected chi connectivity index (χ2v) is 7.21. The van der Waals surface area contributed by atoms with Crippen LogP contribution in [0.4, 0.5) is 10.3 Å². The van der Waals surface area contributed by atoms with E-state index < -0.39 is 11.9 Å². The maximum absolute atomic E-state index is 13.9. The predicted octanol–water partition coefficient (Wildman–Crippen LogP) is 2.38. The number of carbonyl (C=O) groups excluding carboxylic acids is 1. The highest BCUT2D eigenvalue weighted by atomic mass is 19.1. The number of halogens is 1. The van der Waals surface area contributed by atoms with E-state index in [0.29, 0.717) is 30.4 Å². The lowest BCUT2D eigenvalue weighted by Crippen LogP contribution is -2.48. The van der Waals surface area contributed by atoms with Crippen molar-refractivity contribution in [3.63, 3.8) is 0 Å². The molecule has 1 unspecified atom stereocenters. The normalized spacial score (nSPS) is 16.5. The number of carbonyl (C=O) groups is 1. The van der Waals surface area contributed by atoms with Gasteiger partial charge in [-0.15, -0.1) is 0 Å². The lowest BCUT2D eigenvalue weighted by atomic mass is 10.0. The molecule has 0 amide bonds. The number of nitrogens with zero attached hydrogens (tertiary/aromatic N) is 4. The van der Waals surface area contributed by atoms with E-state index in [2.05, 4.69) is 9.97 Å². The number of benzene rings is 1. The summed E-state index contributed by atoms with van der Waals surface area (Å²) in [5.74, 6) is -0.276. The van der Waals surface area contributed by atoms with Gasteiger partial charge in [-0.1, -0.05) is 12.1 Å². The van der Waals surface area contributed by atoms with Gasteiger partial charge in [-0.25, -0.2) is 9.37 Å². The van der Waals surface area contributed by atoms with Crippen LogP contribution in [0.2, 0.25) is 0 Å². The number of hydrogen-bond donors (Lipinski definition) is 0. The molecule has 3 aromatic rings. The fourth-order valence-electron chi connectivity index (χ4n) is 3.40. The molecule has 3 heterocycles. The Labute approximate surface area is 172 Å². The third kappa shape index (κ3) is 3.86. The zero-order valence-electron chi connectivity index (χ0n) is 16.7. The number of ether oxygens (including phenoxy) is 1. The summed E-state index contributed by atoms with van der Waals surface area (Å²) in [6, 6.07) is 9.44.